The first-order valence-corrected chi connectivity index (χ1v) is 11.3. The SMILES string of the molecule is COc1cccc2c1C(=O)c1c(O)c3c(c(O)c1C2=O)CC(C(=O)N1CC2CNC2C1)CC3. The van der Waals surface area contributed by atoms with Crippen LogP contribution in [0.3, 0.4) is 0 Å². The highest BCUT2D eigenvalue weighted by Crippen LogP contribution is 2.47. The molecule has 0 saturated carbocycles. The van der Waals surface area contributed by atoms with Gasteiger partial charge in [0, 0.05) is 54.2 Å². The summed E-state index contributed by atoms with van der Waals surface area (Å²) in [6.45, 7) is 2.37. The number of fused-ring (bicyclic) bond motifs is 4. The lowest BCUT2D eigenvalue weighted by Crippen LogP contribution is -2.51. The molecule has 8 heteroatoms. The van der Waals surface area contributed by atoms with E-state index in [1.807, 2.05) is 4.90 Å². The maximum absolute atomic E-state index is 13.3. The van der Waals surface area contributed by atoms with Crippen molar-refractivity contribution < 1.29 is 29.3 Å². The Morgan fingerprint density at radius 2 is 1.82 bits per heavy atom. The molecule has 8 nitrogen and oxygen atoms in total. The molecule has 3 unspecified atom stereocenters. The van der Waals surface area contributed by atoms with E-state index in [9.17, 15) is 24.6 Å². The summed E-state index contributed by atoms with van der Waals surface area (Å²) < 4.78 is 5.27. The Kier molecular flexibility index (Phi) is 4.32. The highest BCUT2D eigenvalue weighted by molar-refractivity contribution is 6.31. The number of ketones is 2. The minimum Gasteiger partial charge on any atom is -0.507 e. The number of phenols is 2. The van der Waals surface area contributed by atoms with Gasteiger partial charge in [-0.1, -0.05) is 12.1 Å². The molecule has 2 aliphatic heterocycles. The number of rotatable bonds is 2. The van der Waals surface area contributed by atoms with Crippen molar-refractivity contribution in [2.24, 2.45) is 11.8 Å². The number of hydrogen-bond acceptors (Lipinski definition) is 7. The standard InChI is InChI=1S/C25H24N2O6/c1-33-17-4-2-3-14-18(17)24(31)20-19(22(14)29)23(30)15-7-11(5-6-13(15)21(20)28)25(32)27-9-12-8-26-16(12)10-27/h2-4,11-12,16,26,28,30H,5-10H2,1H3. The number of amides is 1. The summed E-state index contributed by atoms with van der Waals surface area (Å²) >= 11 is 0. The zero-order valence-electron chi connectivity index (χ0n) is 18.2. The van der Waals surface area contributed by atoms with E-state index < -0.39 is 11.6 Å². The minimum atomic E-state index is -0.550. The van der Waals surface area contributed by atoms with Crippen LogP contribution >= 0.6 is 0 Å². The number of carbonyl (C=O) groups is 3. The molecule has 170 valence electrons. The first-order valence-electron chi connectivity index (χ1n) is 11.3. The van der Waals surface area contributed by atoms with Crippen LogP contribution in [0.4, 0.5) is 0 Å². The van der Waals surface area contributed by atoms with Crippen molar-refractivity contribution in [3.8, 4) is 17.2 Å². The van der Waals surface area contributed by atoms with Crippen molar-refractivity contribution in [3.05, 3.63) is 51.6 Å². The van der Waals surface area contributed by atoms with Crippen molar-refractivity contribution in [2.45, 2.75) is 25.3 Å². The van der Waals surface area contributed by atoms with E-state index in [4.69, 9.17) is 4.74 Å². The Balaban J connectivity index is 1.40. The number of nitrogens with zero attached hydrogens (tertiary/aromatic N) is 1. The second kappa shape index (κ2) is 7.05. The van der Waals surface area contributed by atoms with E-state index in [1.165, 1.54) is 13.2 Å². The molecular formula is C25H24N2O6. The Labute approximate surface area is 190 Å². The molecule has 2 aromatic rings. The van der Waals surface area contributed by atoms with Crippen molar-refractivity contribution >= 4 is 17.5 Å². The first kappa shape index (κ1) is 20.2. The van der Waals surface area contributed by atoms with Gasteiger partial charge >= 0.3 is 0 Å². The van der Waals surface area contributed by atoms with Crippen LogP contribution < -0.4 is 10.1 Å². The van der Waals surface area contributed by atoms with Gasteiger partial charge < -0.3 is 25.2 Å². The van der Waals surface area contributed by atoms with Crippen LogP contribution in [0.5, 0.6) is 17.2 Å². The molecular weight excluding hydrogens is 424 g/mol. The molecule has 3 atom stereocenters. The van der Waals surface area contributed by atoms with E-state index in [0.717, 1.165) is 13.1 Å². The van der Waals surface area contributed by atoms with Gasteiger partial charge in [0.25, 0.3) is 0 Å². The predicted molar refractivity (Wildman–Crippen MR) is 117 cm³/mol. The van der Waals surface area contributed by atoms with E-state index in [1.54, 1.807) is 12.1 Å². The van der Waals surface area contributed by atoms with Gasteiger partial charge in [-0.25, -0.2) is 0 Å². The van der Waals surface area contributed by atoms with E-state index >= 15 is 0 Å². The zero-order chi connectivity index (χ0) is 23.0. The van der Waals surface area contributed by atoms with Gasteiger partial charge in [0.15, 0.2) is 5.78 Å². The van der Waals surface area contributed by atoms with Crippen LogP contribution in [0.15, 0.2) is 18.2 Å². The van der Waals surface area contributed by atoms with Crippen molar-refractivity contribution in [3.63, 3.8) is 0 Å². The number of carbonyl (C=O) groups excluding carboxylic acids is 3. The monoisotopic (exact) mass is 448 g/mol. The number of benzene rings is 2. The molecule has 4 aliphatic rings. The number of methoxy groups -OCH3 is 1. The molecule has 0 spiro atoms. The fraction of sp³-hybridized carbons (Fsp3) is 0.400. The van der Waals surface area contributed by atoms with Crippen LogP contribution in [-0.2, 0) is 17.6 Å². The number of likely N-dealkylation sites (tertiary alicyclic amines) is 1. The second-order valence-electron chi connectivity index (χ2n) is 9.40. The first-order chi connectivity index (χ1) is 15.9. The zero-order valence-corrected chi connectivity index (χ0v) is 18.2. The second-order valence-corrected chi connectivity index (χ2v) is 9.40. The van der Waals surface area contributed by atoms with Crippen LogP contribution in [-0.4, -0.2) is 65.4 Å². The Morgan fingerprint density at radius 1 is 1.06 bits per heavy atom. The summed E-state index contributed by atoms with van der Waals surface area (Å²) in [5.41, 5.74) is 0.689. The number of ether oxygens (including phenoxy) is 1. The van der Waals surface area contributed by atoms with Crippen LogP contribution in [0.2, 0.25) is 0 Å². The summed E-state index contributed by atoms with van der Waals surface area (Å²) in [5, 5.41) is 25.6. The molecule has 0 bridgehead atoms. The van der Waals surface area contributed by atoms with Crippen molar-refractivity contribution in [1.82, 2.24) is 10.2 Å². The van der Waals surface area contributed by atoms with Crippen LogP contribution in [0.25, 0.3) is 0 Å². The van der Waals surface area contributed by atoms with Gasteiger partial charge in [-0.05, 0) is 25.3 Å². The molecule has 2 aliphatic carbocycles. The van der Waals surface area contributed by atoms with E-state index in [0.29, 0.717) is 42.5 Å². The van der Waals surface area contributed by atoms with Crippen molar-refractivity contribution in [1.29, 1.82) is 0 Å². The number of phenolic OH excluding ortho intramolecular Hbond substituents is 2. The quantitative estimate of drug-likeness (QED) is 0.508. The Hall–Kier alpha value is -3.39. The topological polar surface area (TPSA) is 116 Å². The molecule has 1 amide bonds. The largest absolute Gasteiger partial charge is 0.507 e. The fourth-order valence-electron chi connectivity index (χ4n) is 5.91. The number of nitrogens with one attached hydrogen (secondary N) is 1. The van der Waals surface area contributed by atoms with E-state index in [-0.39, 0.29) is 57.7 Å². The summed E-state index contributed by atoms with van der Waals surface area (Å²) in [6.07, 6.45) is 1.09. The maximum Gasteiger partial charge on any atom is 0.226 e. The van der Waals surface area contributed by atoms with Gasteiger partial charge in [-0.2, -0.15) is 0 Å². The molecule has 2 fully saturated rings. The smallest absolute Gasteiger partial charge is 0.226 e. The van der Waals surface area contributed by atoms with E-state index in [2.05, 4.69) is 5.32 Å². The van der Waals surface area contributed by atoms with Crippen LogP contribution in [0, 0.1) is 11.8 Å². The van der Waals surface area contributed by atoms with Gasteiger partial charge in [0.1, 0.15) is 17.2 Å². The number of hydrogen-bond donors (Lipinski definition) is 3. The normalized spacial score (nSPS) is 25.0. The summed E-state index contributed by atoms with van der Waals surface area (Å²) in [5.74, 6) is -1.20. The fourth-order valence-corrected chi connectivity index (χ4v) is 5.91. The molecule has 2 heterocycles. The van der Waals surface area contributed by atoms with Crippen molar-refractivity contribution in [2.75, 3.05) is 26.7 Å². The number of aromatic hydroxyl groups is 2. The lowest BCUT2D eigenvalue weighted by atomic mass is 9.75. The third-order valence-corrected chi connectivity index (χ3v) is 7.77. The molecule has 6 rings (SSSR count). The average Bonchev–Trinajstić information content (AvgIpc) is 3.12. The molecule has 33 heavy (non-hydrogen) atoms. The molecule has 3 N–H and O–H groups in total. The maximum atomic E-state index is 13.3. The molecule has 2 aromatic carbocycles. The van der Waals surface area contributed by atoms with Crippen LogP contribution in [0.1, 0.15) is 49.4 Å². The third-order valence-electron chi connectivity index (χ3n) is 7.77. The molecule has 2 saturated heterocycles. The lowest BCUT2D eigenvalue weighted by molar-refractivity contribution is -0.134. The average molecular weight is 448 g/mol. The Bertz CT molecular complexity index is 1240. The Morgan fingerprint density at radius 3 is 2.48 bits per heavy atom. The van der Waals surface area contributed by atoms with Gasteiger partial charge in [-0.3, -0.25) is 14.4 Å². The van der Waals surface area contributed by atoms with Gasteiger partial charge in [-0.15, -0.1) is 0 Å². The third kappa shape index (κ3) is 2.70. The van der Waals surface area contributed by atoms with Gasteiger partial charge in [0.05, 0.1) is 23.8 Å². The summed E-state index contributed by atoms with van der Waals surface area (Å²) in [7, 11) is 1.41. The highest BCUT2D eigenvalue weighted by Gasteiger charge is 2.44. The van der Waals surface area contributed by atoms with Gasteiger partial charge in [0.2, 0.25) is 11.7 Å². The molecule has 0 radical (unpaired) electrons. The summed E-state index contributed by atoms with van der Waals surface area (Å²) in [6, 6.07) is 5.07. The summed E-state index contributed by atoms with van der Waals surface area (Å²) in [4.78, 5) is 41.7. The predicted octanol–water partition coefficient (Wildman–Crippen LogP) is 1.42. The minimum absolute atomic E-state index is 0.0472. The highest BCUT2D eigenvalue weighted by atomic mass is 16.5. The lowest BCUT2D eigenvalue weighted by Gasteiger charge is -2.31. The molecule has 0 aromatic heterocycles.